The van der Waals surface area contributed by atoms with E-state index in [4.69, 9.17) is 4.74 Å². The molecule has 7 nitrogen and oxygen atoms in total. The van der Waals surface area contributed by atoms with E-state index in [1.54, 1.807) is 7.11 Å². The number of fused-ring (bicyclic) bond motifs is 1. The van der Waals surface area contributed by atoms with Gasteiger partial charge < -0.3 is 19.5 Å². The minimum Gasteiger partial charge on any atom is -0.368 e. The molecule has 0 radical (unpaired) electrons. The van der Waals surface area contributed by atoms with Crippen molar-refractivity contribution in [3.8, 4) is 11.4 Å². The molecule has 0 aliphatic carbocycles. The molecule has 2 aliphatic rings. The van der Waals surface area contributed by atoms with Gasteiger partial charge in [0.2, 0.25) is 0 Å². The number of methoxy groups -OCH3 is 1. The van der Waals surface area contributed by atoms with Gasteiger partial charge in [-0.05, 0) is 25.9 Å². The van der Waals surface area contributed by atoms with Gasteiger partial charge in [0.05, 0.1) is 6.54 Å². The summed E-state index contributed by atoms with van der Waals surface area (Å²) in [6.45, 7) is 3.46. The standard InChI is InChI=1S/C18H23N5O2.2ClH/c1-25-18(7-9-19-10-8-18)17(24)22-11-12-23-15(13-22)20-21-16(23)14-5-3-2-4-6-14;;/h2-6,19H,7-13H2,1H3;2*1H. The maximum Gasteiger partial charge on any atom is 0.255 e. The fourth-order valence-electron chi connectivity index (χ4n) is 3.76. The zero-order valence-electron chi connectivity index (χ0n) is 15.3. The normalized spacial score (nSPS) is 18.0. The monoisotopic (exact) mass is 413 g/mol. The molecule has 1 fully saturated rings. The topological polar surface area (TPSA) is 72.3 Å². The van der Waals surface area contributed by atoms with E-state index in [-0.39, 0.29) is 30.7 Å². The van der Waals surface area contributed by atoms with E-state index in [2.05, 4.69) is 20.1 Å². The Morgan fingerprint density at radius 3 is 2.48 bits per heavy atom. The van der Waals surface area contributed by atoms with Crippen molar-refractivity contribution >= 4 is 30.7 Å². The Balaban J connectivity index is 0.00000131. The lowest BCUT2D eigenvalue weighted by atomic mass is 9.90. The van der Waals surface area contributed by atoms with Gasteiger partial charge in [-0.2, -0.15) is 0 Å². The molecule has 0 saturated carbocycles. The van der Waals surface area contributed by atoms with Crippen LogP contribution in [0.3, 0.4) is 0 Å². The number of amides is 1. The van der Waals surface area contributed by atoms with Crippen LogP contribution in [0.5, 0.6) is 0 Å². The lowest BCUT2D eigenvalue weighted by Gasteiger charge is -2.40. The second-order valence-corrected chi connectivity index (χ2v) is 6.63. The van der Waals surface area contributed by atoms with Crippen molar-refractivity contribution in [3.63, 3.8) is 0 Å². The van der Waals surface area contributed by atoms with Gasteiger partial charge >= 0.3 is 0 Å². The fraction of sp³-hybridized carbons (Fsp3) is 0.500. The van der Waals surface area contributed by atoms with Crippen molar-refractivity contribution in [1.82, 2.24) is 25.0 Å². The summed E-state index contributed by atoms with van der Waals surface area (Å²) in [4.78, 5) is 15.0. The predicted octanol–water partition coefficient (Wildman–Crippen LogP) is 1.90. The van der Waals surface area contributed by atoms with Crippen LogP contribution in [0.2, 0.25) is 0 Å². The van der Waals surface area contributed by atoms with Crippen molar-refractivity contribution in [2.75, 3.05) is 26.7 Å². The third-order valence-electron chi connectivity index (χ3n) is 5.26. The van der Waals surface area contributed by atoms with E-state index in [0.717, 1.165) is 30.3 Å². The molecule has 4 rings (SSSR count). The summed E-state index contributed by atoms with van der Waals surface area (Å²) in [5.74, 6) is 1.77. The number of carbonyl (C=O) groups is 1. The maximum atomic E-state index is 13.1. The number of piperidine rings is 1. The molecule has 1 saturated heterocycles. The molecule has 148 valence electrons. The zero-order valence-corrected chi connectivity index (χ0v) is 16.9. The third kappa shape index (κ3) is 3.96. The molecule has 0 unspecified atom stereocenters. The lowest BCUT2D eigenvalue weighted by Crippen LogP contribution is -2.56. The fourth-order valence-corrected chi connectivity index (χ4v) is 3.76. The number of hydrogen-bond donors (Lipinski definition) is 1. The van der Waals surface area contributed by atoms with Crippen molar-refractivity contribution in [2.24, 2.45) is 0 Å². The highest BCUT2D eigenvalue weighted by Crippen LogP contribution is 2.28. The van der Waals surface area contributed by atoms with Crippen LogP contribution in [0.4, 0.5) is 0 Å². The Bertz CT molecular complexity index is 762. The number of halogens is 2. The molecule has 1 aromatic carbocycles. The van der Waals surface area contributed by atoms with E-state index in [0.29, 0.717) is 32.5 Å². The predicted molar refractivity (Wildman–Crippen MR) is 107 cm³/mol. The van der Waals surface area contributed by atoms with Crippen LogP contribution in [0.25, 0.3) is 11.4 Å². The van der Waals surface area contributed by atoms with E-state index in [1.165, 1.54) is 0 Å². The number of rotatable bonds is 3. The first kappa shape index (κ1) is 21.6. The largest absolute Gasteiger partial charge is 0.368 e. The lowest BCUT2D eigenvalue weighted by molar-refractivity contribution is -0.160. The summed E-state index contributed by atoms with van der Waals surface area (Å²) < 4.78 is 7.79. The first-order valence-electron chi connectivity index (χ1n) is 8.76. The second-order valence-electron chi connectivity index (χ2n) is 6.63. The van der Waals surface area contributed by atoms with E-state index < -0.39 is 5.60 Å². The van der Waals surface area contributed by atoms with Crippen molar-refractivity contribution in [1.29, 1.82) is 0 Å². The van der Waals surface area contributed by atoms with Gasteiger partial charge in [-0.3, -0.25) is 4.79 Å². The van der Waals surface area contributed by atoms with Crippen LogP contribution < -0.4 is 5.32 Å². The Morgan fingerprint density at radius 1 is 1.11 bits per heavy atom. The smallest absolute Gasteiger partial charge is 0.255 e. The first-order valence-corrected chi connectivity index (χ1v) is 8.76. The molecule has 2 aromatic rings. The van der Waals surface area contributed by atoms with Crippen LogP contribution in [-0.2, 0) is 22.6 Å². The van der Waals surface area contributed by atoms with Gasteiger partial charge in [0, 0.05) is 25.8 Å². The van der Waals surface area contributed by atoms with Gasteiger partial charge in [0.15, 0.2) is 11.6 Å². The van der Waals surface area contributed by atoms with Gasteiger partial charge in [-0.1, -0.05) is 30.3 Å². The number of nitrogens with one attached hydrogen (secondary N) is 1. The quantitative estimate of drug-likeness (QED) is 0.831. The highest BCUT2D eigenvalue weighted by molar-refractivity contribution is 5.86. The third-order valence-corrected chi connectivity index (χ3v) is 5.26. The molecule has 2 aliphatic heterocycles. The molecule has 3 heterocycles. The molecular formula is C18H25Cl2N5O2. The number of benzene rings is 1. The van der Waals surface area contributed by atoms with Gasteiger partial charge in [0.1, 0.15) is 5.60 Å². The van der Waals surface area contributed by atoms with Crippen LogP contribution >= 0.6 is 24.8 Å². The number of aromatic nitrogens is 3. The van der Waals surface area contributed by atoms with E-state index in [9.17, 15) is 4.79 Å². The van der Waals surface area contributed by atoms with Crippen LogP contribution in [0, 0.1) is 0 Å². The van der Waals surface area contributed by atoms with E-state index in [1.807, 2.05) is 35.2 Å². The zero-order chi connectivity index (χ0) is 17.3. The van der Waals surface area contributed by atoms with E-state index >= 15 is 0 Å². The van der Waals surface area contributed by atoms with Crippen LogP contribution in [-0.4, -0.2) is 57.9 Å². The Hall–Kier alpha value is -1.67. The summed E-state index contributed by atoms with van der Waals surface area (Å²) in [6, 6.07) is 10.0. The molecular weight excluding hydrogens is 389 g/mol. The summed E-state index contributed by atoms with van der Waals surface area (Å²) in [5, 5.41) is 12.0. The Kier molecular flexibility index (Phi) is 7.22. The van der Waals surface area contributed by atoms with Crippen LogP contribution in [0.15, 0.2) is 30.3 Å². The number of hydrogen-bond acceptors (Lipinski definition) is 5. The second kappa shape index (κ2) is 9.01. The summed E-state index contributed by atoms with van der Waals surface area (Å²) in [6.07, 6.45) is 1.42. The summed E-state index contributed by atoms with van der Waals surface area (Å²) in [7, 11) is 1.64. The van der Waals surface area contributed by atoms with Gasteiger partial charge in [-0.15, -0.1) is 35.0 Å². The summed E-state index contributed by atoms with van der Waals surface area (Å²) in [5.41, 5.74) is 0.350. The minimum absolute atomic E-state index is 0. The SMILES string of the molecule is COC1(C(=O)N2CCn3c(nnc3-c3ccccc3)C2)CCNCC1.Cl.Cl. The molecule has 27 heavy (non-hydrogen) atoms. The highest BCUT2D eigenvalue weighted by Gasteiger charge is 2.43. The van der Waals surface area contributed by atoms with Crippen molar-refractivity contribution in [3.05, 3.63) is 36.2 Å². The average molecular weight is 414 g/mol. The molecule has 0 atom stereocenters. The minimum atomic E-state index is -0.699. The molecule has 9 heteroatoms. The van der Waals surface area contributed by atoms with Crippen molar-refractivity contribution < 1.29 is 9.53 Å². The molecule has 0 bridgehead atoms. The summed E-state index contributed by atoms with van der Waals surface area (Å²) >= 11 is 0. The number of carbonyl (C=O) groups excluding carboxylic acids is 1. The van der Waals surface area contributed by atoms with Gasteiger partial charge in [0.25, 0.3) is 5.91 Å². The average Bonchev–Trinajstić information content (AvgIpc) is 3.12. The molecule has 0 spiro atoms. The number of ether oxygens (including phenoxy) is 1. The Labute approximate surface area is 171 Å². The van der Waals surface area contributed by atoms with Crippen LogP contribution in [0.1, 0.15) is 18.7 Å². The maximum absolute atomic E-state index is 13.1. The molecule has 1 amide bonds. The number of nitrogens with zero attached hydrogens (tertiary/aromatic N) is 4. The van der Waals surface area contributed by atoms with Gasteiger partial charge in [-0.25, -0.2) is 0 Å². The first-order chi connectivity index (χ1) is 12.2. The highest BCUT2D eigenvalue weighted by atomic mass is 35.5. The van der Waals surface area contributed by atoms with Crippen molar-refractivity contribution in [2.45, 2.75) is 31.5 Å². The molecule has 1 aromatic heterocycles. The molecule has 1 N–H and O–H groups in total. The Morgan fingerprint density at radius 2 is 1.81 bits per heavy atom.